The normalized spacial score (nSPS) is 12.5. The fraction of sp³-hybridized carbons (Fsp3) is 0.571. The molecule has 0 fully saturated rings. The molecule has 18 heavy (non-hydrogen) atoms. The summed E-state index contributed by atoms with van der Waals surface area (Å²) in [6.07, 6.45) is 1.18. The van der Waals surface area contributed by atoms with Gasteiger partial charge in [-0.15, -0.1) is 0 Å². The highest BCUT2D eigenvalue weighted by Crippen LogP contribution is 2.22. The predicted molar refractivity (Wildman–Crippen MR) is 74.9 cm³/mol. The second-order valence-electron chi connectivity index (χ2n) is 5.37. The lowest BCUT2D eigenvalue weighted by Gasteiger charge is -2.16. The number of nitro groups is 1. The van der Waals surface area contributed by atoms with Crippen LogP contribution in [0.25, 0.3) is 0 Å². The van der Waals surface area contributed by atoms with Crippen LogP contribution in [0.4, 0.5) is 11.4 Å². The summed E-state index contributed by atoms with van der Waals surface area (Å²) in [5.74, 6) is 1.29. The highest BCUT2D eigenvalue weighted by Gasteiger charge is 2.09. The maximum Gasteiger partial charge on any atom is 0.269 e. The number of hydrogen-bond acceptors (Lipinski definition) is 3. The van der Waals surface area contributed by atoms with E-state index in [1.54, 1.807) is 18.2 Å². The van der Waals surface area contributed by atoms with Crippen LogP contribution in [0.15, 0.2) is 18.2 Å². The zero-order valence-electron chi connectivity index (χ0n) is 11.6. The van der Waals surface area contributed by atoms with Crippen molar-refractivity contribution in [3.05, 3.63) is 33.9 Å². The third-order valence-electron chi connectivity index (χ3n) is 2.94. The average Bonchev–Trinajstić information content (AvgIpc) is 2.26. The van der Waals surface area contributed by atoms with Crippen molar-refractivity contribution in [3.8, 4) is 0 Å². The van der Waals surface area contributed by atoms with Gasteiger partial charge >= 0.3 is 0 Å². The molecule has 1 rings (SSSR count). The number of nitrogens with one attached hydrogen (secondary N) is 1. The Morgan fingerprint density at radius 1 is 1.33 bits per heavy atom. The summed E-state index contributed by atoms with van der Waals surface area (Å²) in [6.45, 7) is 9.44. The van der Waals surface area contributed by atoms with E-state index in [1.165, 1.54) is 6.42 Å². The lowest BCUT2D eigenvalue weighted by Crippen LogP contribution is -2.13. The quantitative estimate of drug-likeness (QED) is 0.613. The molecule has 0 bridgehead atoms. The first-order chi connectivity index (χ1) is 8.40. The van der Waals surface area contributed by atoms with Crippen LogP contribution < -0.4 is 5.32 Å². The van der Waals surface area contributed by atoms with E-state index in [-0.39, 0.29) is 10.6 Å². The number of non-ortho nitro benzene ring substituents is 1. The molecule has 0 spiro atoms. The van der Waals surface area contributed by atoms with E-state index in [2.05, 4.69) is 26.1 Å². The molecule has 0 saturated heterocycles. The Labute approximate surface area is 109 Å². The summed E-state index contributed by atoms with van der Waals surface area (Å²) in [5.41, 5.74) is 2.05. The Morgan fingerprint density at radius 3 is 2.50 bits per heavy atom. The van der Waals surface area contributed by atoms with Gasteiger partial charge in [-0.05, 0) is 36.8 Å². The molecule has 0 heterocycles. The third-order valence-corrected chi connectivity index (χ3v) is 2.94. The van der Waals surface area contributed by atoms with Gasteiger partial charge in [0.15, 0.2) is 0 Å². The number of hydrogen-bond donors (Lipinski definition) is 1. The number of nitrogens with zero attached hydrogens (tertiary/aromatic N) is 1. The maximum atomic E-state index is 10.6. The van der Waals surface area contributed by atoms with Crippen molar-refractivity contribution in [1.29, 1.82) is 0 Å². The molecule has 100 valence electrons. The summed E-state index contributed by atoms with van der Waals surface area (Å²) in [4.78, 5) is 10.3. The molecule has 1 unspecified atom stereocenters. The van der Waals surface area contributed by atoms with Gasteiger partial charge in [-0.25, -0.2) is 0 Å². The third kappa shape index (κ3) is 4.35. The number of benzene rings is 1. The van der Waals surface area contributed by atoms with Gasteiger partial charge in [0.25, 0.3) is 5.69 Å². The molecular weight excluding hydrogens is 228 g/mol. The molecule has 4 heteroatoms. The van der Waals surface area contributed by atoms with Crippen molar-refractivity contribution in [3.63, 3.8) is 0 Å². The molecule has 1 N–H and O–H groups in total. The van der Waals surface area contributed by atoms with E-state index < -0.39 is 0 Å². The average molecular weight is 250 g/mol. The smallest absolute Gasteiger partial charge is 0.269 e. The number of rotatable bonds is 6. The van der Waals surface area contributed by atoms with Gasteiger partial charge in [0.2, 0.25) is 0 Å². The molecule has 1 aromatic rings. The molecule has 0 aliphatic rings. The predicted octanol–water partition coefficient (Wildman–Crippen LogP) is 4.00. The Kier molecular flexibility index (Phi) is 5.13. The van der Waals surface area contributed by atoms with Crippen LogP contribution in [-0.4, -0.2) is 11.5 Å². The van der Waals surface area contributed by atoms with Crippen molar-refractivity contribution in [2.75, 3.05) is 11.9 Å². The second kappa shape index (κ2) is 6.38. The fourth-order valence-corrected chi connectivity index (χ4v) is 2.13. The fourth-order valence-electron chi connectivity index (χ4n) is 2.13. The van der Waals surface area contributed by atoms with E-state index in [0.29, 0.717) is 11.8 Å². The van der Waals surface area contributed by atoms with E-state index in [0.717, 1.165) is 17.8 Å². The molecule has 0 aliphatic carbocycles. The van der Waals surface area contributed by atoms with Crippen molar-refractivity contribution in [2.24, 2.45) is 11.8 Å². The highest BCUT2D eigenvalue weighted by atomic mass is 16.6. The Hall–Kier alpha value is -1.58. The molecule has 0 saturated carbocycles. The maximum absolute atomic E-state index is 10.6. The largest absolute Gasteiger partial charge is 0.385 e. The van der Waals surface area contributed by atoms with Crippen LogP contribution in [-0.2, 0) is 0 Å². The van der Waals surface area contributed by atoms with Crippen LogP contribution in [0.1, 0.15) is 32.8 Å². The topological polar surface area (TPSA) is 55.2 Å². The van der Waals surface area contributed by atoms with E-state index in [9.17, 15) is 10.1 Å². The monoisotopic (exact) mass is 250 g/mol. The van der Waals surface area contributed by atoms with Gasteiger partial charge < -0.3 is 5.32 Å². The molecule has 0 amide bonds. The van der Waals surface area contributed by atoms with Crippen LogP contribution in [0.3, 0.4) is 0 Å². The standard InChI is InChI=1S/C14H22N2O2/c1-10(2)7-11(3)9-15-14-6-5-13(16(17)18)8-12(14)4/h5-6,8,10-11,15H,7,9H2,1-4H3. The van der Waals surface area contributed by atoms with Crippen molar-refractivity contribution in [2.45, 2.75) is 34.1 Å². The van der Waals surface area contributed by atoms with Gasteiger partial charge in [0.1, 0.15) is 0 Å². The van der Waals surface area contributed by atoms with Crippen LogP contribution in [0.5, 0.6) is 0 Å². The summed E-state index contributed by atoms with van der Waals surface area (Å²) >= 11 is 0. The summed E-state index contributed by atoms with van der Waals surface area (Å²) < 4.78 is 0. The first-order valence-corrected chi connectivity index (χ1v) is 6.39. The van der Waals surface area contributed by atoms with E-state index >= 15 is 0 Å². The summed E-state index contributed by atoms with van der Waals surface area (Å²) in [7, 11) is 0. The first kappa shape index (κ1) is 14.5. The van der Waals surface area contributed by atoms with Crippen LogP contribution in [0.2, 0.25) is 0 Å². The molecule has 0 aromatic heterocycles. The van der Waals surface area contributed by atoms with Gasteiger partial charge in [0.05, 0.1) is 4.92 Å². The van der Waals surface area contributed by atoms with Crippen molar-refractivity contribution < 1.29 is 4.92 Å². The molecule has 1 atom stereocenters. The van der Waals surface area contributed by atoms with E-state index in [4.69, 9.17) is 0 Å². The van der Waals surface area contributed by atoms with Crippen LogP contribution in [0, 0.1) is 28.9 Å². The first-order valence-electron chi connectivity index (χ1n) is 6.39. The molecule has 0 aliphatic heterocycles. The molecule has 0 radical (unpaired) electrons. The minimum Gasteiger partial charge on any atom is -0.385 e. The zero-order chi connectivity index (χ0) is 13.7. The van der Waals surface area contributed by atoms with Gasteiger partial charge in [0, 0.05) is 24.4 Å². The van der Waals surface area contributed by atoms with E-state index in [1.807, 2.05) is 6.92 Å². The van der Waals surface area contributed by atoms with Gasteiger partial charge in [-0.1, -0.05) is 20.8 Å². The molecular formula is C14H22N2O2. The summed E-state index contributed by atoms with van der Waals surface area (Å²) in [6, 6.07) is 4.94. The zero-order valence-corrected chi connectivity index (χ0v) is 11.6. The lowest BCUT2D eigenvalue weighted by atomic mass is 9.99. The number of nitro benzene ring substituents is 1. The van der Waals surface area contributed by atoms with Crippen molar-refractivity contribution >= 4 is 11.4 Å². The molecule has 1 aromatic carbocycles. The Balaban J connectivity index is 2.60. The Morgan fingerprint density at radius 2 is 2.00 bits per heavy atom. The minimum absolute atomic E-state index is 0.147. The van der Waals surface area contributed by atoms with Crippen molar-refractivity contribution in [1.82, 2.24) is 0 Å². The minimum atomic E-state index is -0.363. The molecule has 4 nitrogen and oxygen atoms in total. The number of anilines is 1. The highest BCUT2D eigenvalue weighted by molar-refractivity contribution is 5.55. The van der Waals surface area contributed by atoms with Crippen LogP contribution >= 0.6 is 0 Å². The Bertz CT molecular complexity index is 416. The number of aryl methyl sites for hydroxylation is 1. The lowest BCUT2D eigenvalue weighted by molar-refractivity contribution is -0.384. The summed E-state index contributed by atoms with van der Waals surface area (Å²) in [5, 5.41) is 14.0. The van der Waals surface area contributed by atoms with Gasteiger partial charge in [-0.3, -0.25) is 10.1 Å². The van der Waals surface area contributed by atoms with Gasteiger partial charge in [-0.2, -0.15) is 0 Å². The SMILES string of the molecule is Cc1cc([N+](=O)[O-])ccc1NCC(C)CC(C)C. The second-order valence-corrected chi connectivity index (χ2v) is 5.37.